The van der Waals surface area contributed by atoms with Gasteiger partial charge in [-0.3, -0.25) is 0 Å². The van der Waals surface area contributed by atoms with Crippen LogP contribution in [0.1, 0.15) is 5.69 Å². The van der Waals surface area contributed by atoms with E-state index in [0.717, 1.165) is 0 Å². The summed E-state index contributed by atoms with van der Waals surface area (Å²) in [7, 11) is -2.31. The number of nitrogens with zero attached hydrogens (tertiary/aromatic N) is 2. The van der Waals surface area contributed by atoms with Crippen LogP contribution in [0, 0.1) is 0 Å². The smallest absolute Gasteiger partial charge is 0.241 e. The molecule has 0 amide bonds. The lowest BCUT2D eigenvalue weighted by Crippen LogP contribution is -2.24. The van der Waals surface area contributed by atoms with Gasteiger partial charge in [0.2, 0.25) is 10.0 Å². The van der Waals surface area contributed by atoms with Crippen molar-refractivity contribution in [1.29, 1.82) is 0 Å². The van der Waals surface area contributed by atoms with E-state index in [-0.39, 0.29) is 21.5 Å². The Bertz CT molecular complexity index is 796. The first-order chi connectivity index (χ1) is 10.9. The van der Waals surface area contributed by atoms with Crippen molar-refractivity contribution in [3.63, 3.8) is 0 Å². The van der Waals surface area contributed by atoms with E-state index in [1.807, 2.05) is 6.26 Å². The van der Waals surface area contributed by atoms with Crippen molar-refractivity contribution >= 4 is 45.0 Å². The van der Waals surface area contributed by atoms with Crippen LogP contribution in [0.5, 0.6) is 5.75 Å². The quantitative estimate of drug-likeness (QED) is 0.759. The normalized spacial score (nSPS) is 11.5. The van der Waals surface area contributed by atoms with Crippen LogP contribution in [0.25, 0.3) is 0 Å². The second-order valence-corrected chi connectivity index (χ2v) is 7.80. The highest BCUT2D eigenvalue weighted by atomic mass is 35.5. The summed E-state index contributed by atoms with van der Waals surface area (Å²) in [5.74, 6) is 0.455. The van der Waals surface area contributed by atoms with Crippen LogP contribution in [0.15, 0.2) is 34.2 Å². The number of ether oxygens (including phenoxy) is 1. The molecule has 0 aliphatic rings. The van der Waals surface area contributed by atoms with Crippen LogP contribution in [0.3, 0.4) is 0 Å². The molecule has 2 aromatic rings. The van der Waals surface area contributed by atoms with Crippen LogP contribution in [-0.4, -0.2) is 32.0 Å². The molecular formula is C13H13Cl2N3O3S2. The summed E-state index contributed by atoms with van der Waals surface area (Å²) < 4.78 is 32.3. The summed E-state index contributed by atoms with van der Waals surface area (Å²) in [5, 5.41) is 9.09. The maximum atomic E-state index is 12.3. The minimum absolute atomic E-state index is 0.0253. The number of thioether (sulfide) groups is 1. The number of aromatic nitrogens is 2. The largest absolute Gasteiger partial charge is 0.495 e. The molecule has 10 heteroatoms. The molecule has 0 saturated heterocycles. The van der Waals surface area contributed by atoms with Crippen molar-refractivity contribution in [2.45, 2.75) is 16.5 Å². The zero-order valence-corrected chi connectivity index (χ0v) is 15.4. The monoisotopic (exact) mass is 393 g/mol. The molecule has 0 unspecified atom stereocenters. The molecule has 2 rings (SSSR count). The van der Waals surface area contributed by atoms with Gasteiger partial charge < -0.3 is 4.74 Å². The Hall–Kier alpha value is -1.06. The van der Waals surface area contributed by atoms with Gasteiger partial charge in [0.15, 0.2) is 0 Å². The number of nitrogens with one attached hydrogen (secondary N) is 1. The number of sulfonamides is 1. The highest BCUT2D eigenvalue weighted by Crippen LogP contribution is 2.24. The van der Waals surface area contributed by atoms with Crippen LogP contribution in [0.4, 0.5) is 0 Å². The fraction of sp³-hybridized carbons (Fsp3) is 0.231. The zero-order valence-electron chi connectivity index (χ0n) is 12.2. The first-order valence-electron chi connectivity index (χ1n) is 6.26. The highest BCUT2D eigenvalue weighted by molar-refractivity contribution is 7.98. The Kier molecular flexibility index (Phi) is 6.10. The summed E-state index contributed by atoms with van der Waals surface area (Å²) in [4.78, 5) is -0.0253. The van der Waals surface area contributed by atoms with E-state index in [4.69, 9.17) is 27.9 Å². The van der Waals surface area contributed by atoms with E-state index in [0.29, 0.717) is 16.5 Å². The predicted molar refractivity (Wildman–Crippen MR) is 90.9 cm³/mol. The molecule has 0 aliphatic carbocycles. The Morgan fingerprint density at radius 3 is 2.39 bits per heavy atom. The van der Waals surface area contributed by atoms with E-state index in [1.54, 1.807) is 6.07 Å². The Balaban J connectivity index is 2.22. The fourth-order valence-electron chi connectivity index (χ4n) is 1.71. The number of methoxy groups -OCH3 is 1. The molecule has 0 spiro atoms. The summed E-state index contributed by atoms with van der Waals surface area (Å²) >= 11 is 13.1. The first-order valence-corrected chi connectivity index (χ1v) is 9.72. The van der Waals surface area contributed by atoms with Crippen LogP contribution >= 0.6 is 35.0 Å². The Morgan fingerprint density at radius 2 is 1.83 bits per heavy atom. The molecule has 0 saturated carbocycles. The van der Waals surface area contributed by atoms with Gasteiger partial charge in [-0.1, -0.05) is 23.2 Å². The van der Waals surface area contributed by atoms with Gasteiger partial charge in [-0.25, -0.2) is 13.1 Å². The Labute approximate surface area is 148 Å². The average Bonchev–Trinajstić information content (AvgIpc) is 2.51. The van der Waals surface area contributed by atoms with E-state index >= 15 is 0 Å². The molecular weight excluding hydrogens is 381 g/mol. The third kappa shape index (κ3) is 4.71. The second-order valence-electron chi connectivity index (χ2n) is 4.33. The summed E-state index contributed by atoms with van der Waals surface area (Å²) in [5.41, 5.74) is 0.377. The van der Waals surface area contributed by atoms with Crippen molar-refractivity contribution in [3.05, 3.63) is 40.0 Å². The number of halogens is 2. The first kappa shape index (κ1) is 18.3. The van der Waals surface area contributed by atoms with Gasteiger partial charge in [0.1, 0.15) is 16.5 Å². The predicted octanol–water partition coefficient (Wildman–Crippen LogP) is 2.99. The molecule has 6 nitrogen and oxygen atoms in total. The number of hydrogen-bond acceptors (Lipinski definition) is 6. The molecule has 1 aromatic carbocycles. The third-order valence-corrected chi connectivity index (χ3v) is 5.25. The average molecular weight is 394 g/mol. The number of rotatable bonds is 6. The van der Waals surface area contributed by atoms with Crippen molar-refractivity contribution in [1.82, 2.24) is 14.9 Å². The number of benzene rings is 1. The van der Waals surface area contributed by atoms with Gasteiger partial charge in [-0.05, 0) is 24.5 Å². The third-order valence-electron chi connectivity index (χ3n) is 2.81. The van der Waals surface area contributed by atoms with Crippen LogP contribution in [0.2, 0.25) is 10.0 Å². The summed E-state index contributed by atoms with van der Waals surface area (Å²) in [6.45, 7) is -0.0721. The molecule has 0 bridgehead atoms. The van der Waals surface area contributed by atoms with Crippen molar-refractivity contribution in [2.75, 3.05) is 13.4 Å². The summed E-state index contributed by atoms with van der Waals surface area (Å²) in [6, 6.07) is 5.78. The lowest BCUT2D eigenvalue weighted by atomic mass is 10.3. The molecule has 23 heavy (non-hydrogen) atoms. The Morgan fingerprint density at radius 1 is 1.17 bits per heavy atom. The van der Waals surface area contributed by atoms with Crippen molar-refractivity contribution < 1.29 is 13.2 Å². The van der Waals surface area contributed by atoms with E-state index < -0.39 is 10.0 Å². The summed E-state index contributed by atoms with van der Waals surface area (Å²) in [6.07, 6.45) is 1.86. The van der Waals surface area contributed by atoms with Gasteiger partial charge >= 0.3 is 0 Å². The van der Waals surface area contributed by atoms with Gasteiger partial charge in [-0.2, -0.15) is 0 Å². The standard InChI is InChI=1S/C13H13Cl2N3O3S2/c1-21-12-6-13(22-2)18-17-11(12)7-16-23(19,20)10-4-8(14)3-9(15)5-10/h3-6,16H,7H2,1-2H3. The molecule has 1 aromatic heterocycles. The van der Waals surface area contributed by atoms with E-state index in [2.05, 4.69) is 14.9 Å². The lowest BCUT2D eigenvalue weighted by Gasteiger charge is -2.10. The topological polar surface area (TPSA) is 81.2 Å². The van der Waals surface area contributed by atoms with E-state index in [9.17, 15) is 8.42 Å². The SMILES string of the molecule is COc1cc(SC)nnc1CNS(=O)(=O)c1cc(Cl)cc(Cl)c1. The van der Waals surface area contributed by atoms with Gasteiger partial charge in [-0.15, -0.1) is 22.0 Å². The molecule has 0 radical (unpaired) electrons. The van der Waals surface area contributed by atoms with Crippen molar-refractivity contribution in [2.24, 2.45) is 0 Å². The van der Waals surface area contributed by atoms with Gasteiger partial charge in [0.05, 0.1) is 18.6 Å². The molecule has 0 aliphatic heterocycles. The highest BCUT2D eigenvalue weighted by Gasteiger charge is 2.17. The van der Waals surface area contributed by atoms with Crippen LogP contribution in [-0.2, 0) is 16.6 Å². The van der Waals surface area contributed by atoms with Crippen molar-refractivity contribution in [3.8, 4) is 5.75 Å². The maximum Gasteiger partial charge on any atom is 0.241 e. The maximum absolute atomic E-state index is 12.3. The van der Waals surface area contributed by atoms with Gasteiger partial charge in [0, 0.05) is 16.1 Å². The van der Waals surface area contributed by atoms with Crippen LogP contribution < -0.4 is 9.46 Å². The molecule has 0 fully saturated rings. The second kappa shape index (κ2) is 7.67. The molecule has 124 valence electrons. The van der Waals surface area contributed by atoms with E-state index in [1.165, 1.54) is 37.1 Å². The lowest BCUT2D eigenvalue weighted by molar-refractivity contribution is 0.402. The fourth-order valence-corrected chi connectivity index (χ4v) is 3.77. The number of hydrogen-bond donors (Lipinski definition) is 1. The zero-order chi connectivity index (χ0) is 17.0. The molecule has 1 heterocycles. The molecule has 1 N–H and O–H groups in total. The van der Waals surface area contributed by atoms with Gasteiger partial charge in [0.25, 0.3) is 0 Å². The molecule has 0 atom stereocenters. The minimum Gasteiger partial charge on any atom is -0.495 e. The minimum atomic E-state index is -3.79.